The van der Waals surface area contributed by atoms with Crippen LogP contribution in [0.3, 0.4) is 0 Å². The molecule has 0 atom stereocenters. The monoisotopic (exact) mass is 547 g/mol. The van der Waals surface area contributed by atoms with Gasteiger partial charge in [0, 0.05) is 13.0 Å². The van der Waals surface area contributed by atoms with Crippen LogP contribution in [0.25, 0.3) is 22.2 Å². The molecule has 4 aromatic carbocycles. The Morgan fingerprint density at radius 3 is 2.29 bits per heavy atom. The van der Waals surface area contributed by atoms with Crippen LogP contribution in [0.2, 0.25) is 0 Å². The van der Waals surface area contributed by atoms with Gasteiger partial charge in [-0.05, 0) is 53.8 Å². The maximum Gasteiger partial charge on any atom is 0.224 e. The van der Waals surface area contributed by atoms with Crippen molar-refractivity contribution in [3.05, 3.63) is 115 Å². The molecule has 1 heterocycles. The Morgan fingerprint density at radius 1 is 0.780 bits per heavy atom. The molecule has 0 saturated heterocycles. The van der Waals surface area contributed by atoms with Gasteiger partial charge in [0.15, 0.2) is 11.5 Å². The molecule has 5 rings (SSSR count). The minimum absolute atomic E-state index is 0.0642. The maximum absolute atomic E-state index is 12.5. The topological polar surface area (TPSA) is 65.4 Å². The zero-order chi connectivity index (χ0) is 28.3. The number of hydrogen-bond acceptors (Lipinski definition) is 4. The second kappa shape index (κ2) is 14.2. The van der Waals surface area contributed by atoms with E-state index in [9.17, 15) is 4.79 Å². The first-order valence-corrected chi connectivity index (χ1v) is 14.3. The first-order valence-electron chi connectivity index (χ1n) is 14.3. The van der Waals surface area contributed by atoms with Crippen LogP contribution in [-0.4, -0.2) is 35.7 Å². The second-order valence-corrected chi connectivity index (χ2v) is 10.1. The molecule has 0 spiro atoms. The van der Waals surface area contributed by atoms with E-state index in [4.69, 9.17) is 14.5 Å². The Bertz CT molecular complexity index is 1540. The van der Waals surface area contributed by atoms with Crippen molar-refractivity contribution in [3.63, 3.8) is 0 Å². The molecule has 0 fully saturated rings. The molecule has 6 heteroatoms. The van der Waals surface area contributed by atoms with Gasteiger partial charge in [-0.25, -0.2) is 4.98 Å². The number of aromatic nitrogens is 2. The van der Waals surface area contributed by atoms with Crippen molar-refractivity contribution in [2.24, 2.45) is 0 Å². The normalized spacial score (nSPS) is 11.0. The van der Waals surface area contributed by atoms with Gasteiger partial charge < -0.3 is 19.4 Å². The summed E-state index contributed by atoms with van der Waals surface area (Å²) in [6.45, 7) is 1.91. The van der Waals surface area contributed by atoms with E-state index in [1.54, 1.807) is 7.11 Å². The Kier molecular flexibility index (Phi) is 9.67. The second-order valence-electron chi connectivity index (χ2n) is 10.1. The highest BCUT2D eigenvalue weighted by Gasteiger charge is 2.11. The number of benzene rings is 4. The quantitative estimate of drug-likeness (QED) is 0.154. The van der Waals surface area contributed by atoms with Gasteiger partial charge in [0.05, 0.1) is 31.1 Å². The van der Waals surface area contributed by atoms with Gasteiger partial charge in [-0.15, -0.1) is 0 Å². The third-order valence-corrected chi connectivity index (χ3v) is 7.20. The average molecular weight is 548 g/mol. The lowest BCUT2D eigenvalue weighted by Crippen LogP contribution is -2.26. The van der Waals surface area contributed by atoms with Crippen LogP contribution in [0.15, 0.2) is 103 Å². The third kappa shape index (κ3) is 7.54. The summed E-state index contributed by atoms with van der Waals surface area (Å²) in [5.74, 6) is 2.61. The van der Waals surface area contributed by atoms with E-state index in [0.29, 0.717) is 26.1 Å². The molecule has 0 unspecified atom stereocenters. The van der Waals surface area contributed by atoms with Gasteiger partial charge in [0.1, 0.15) is 12.4 Å². The van der Waals surface area contributed by atoms with Crippen LogP contribution in [0.4, 0.5) is 0 Å². The van der Waals surface area contributed by atoms with E-state index >= 15 is 0 Å². The molecule has 0 aliphatic carbocycles. The van der Waals surface area contributed by atoms with Gasteiger partial charge in [-0.3, -0.25) is 4.79 Å². The Hall–Kier alpha value is -4.58. The number of aryl methyl sites for hydroxylation is 1. The van der Waals surface area contributed by atoms with Crippen molar-refractivity contribution in [2.45, 2.75) is 38.6 Å². The molecule has 41 heavy (non-hydrogen) atoms. The highest BCUT2D eigenvalue weighted by atomic mass is 16.5. The molecular weight excluding hydrogens is 510 g/mol. The van der Waals surface area contributed by atoms with Gasteiger partial charge in [-0.2, -0.15) is 0 Å². The fourth-order valence-corrected chi connectivity index (χ4v) is 5.06. The molecule has 0 radical (unpaired) electrons. The molecule has 0 aliphatic rings. The van der Waals surface area contributed by atoms with E-state index in [-0.39, 0.29) is 5.91 Å². The SMILES string of the molecule is COc1ccccc1OCCn1c(CCCCCNC(=O)Cc2ccc(-c3ccccc3)cc2)nc2ccccc21. The van der Waals surface area contributed by atoms with Crippen LogP contribution in [0.5, 0.6) is 11.5 Å². The lowest BCUT2D eigenvalue weighted by Gasteiger charge is -2.13. The summed E-state index contributed by atoms with van der Waals surface area (Å²) in [5, 5.41) is 3.08. The number of hydrogen-bond donors (Lipinski definition) is 1. The van der Waals surface area contributed by atoms with Crippen molar-refractivity contribution in [2.75, 3.05) is 20.3 Å². The fourth-order valence-electron chi connectivity index (χ4n) is 5.06. The summed E-state index contributed by atoms with van der Waals surface area (Å²) in [4.78, 5) is 17.4. The highest BCUT2D eigenvalue weighted by Crippen LogP contribution is 2.26. The number of nitrogens with one attached hydrogen (secondary N) is 1. The van der Waals surface area contributed by atoms with E-state index in [1.807, 2.05) is 66.7 Å². The van der Waals surface area contributed by atoms with Crippen molar-refractivity contribution in [3.8, 4) is 22.6 Å². The number of imidazole rings is 1. The Labute approximate surface area is 242 Å². The molecule has 1 N–H and O–H groups in total. The van der Waals surface area contributed by atoms with E-state index < -0.39 is 0 Å². The molecule has 5 aromatic rings. The summed E-state index contributed by atoms with van der Waals surface area (Å²) < 4.78 is 13.7. The Balaban J connectivity index is 1.06. The molecule has 210 valence electrons. The van der Waals surface area contributed by atoms with Gasteiger partial charge in [0.2, 0.25) is 5.91 Å². The summed E-state index contributed by atoms with van der Waals surface area (Å²) in [7, 11) is 1.65. The van der Waals surface area contributed by atoms with Crippen molar-refractivity contribution < 1.29 is 14.3 Å². The molecular formula is C35H37N3O3. The number of fused-ring (bicyclic) bond motifs is 1. The van der Waals surface area contributed by atoms with Gasteiger partial charge in [-0.1, -0.05) is 85.3 Å². The van der Waals surface area contributed by atoms with Crippen molar-refractivity contribution in [1.82, 2.24) is 14.9 Å². The third-order valence-electron chi connectivity index (χ3n) is 7.20. The summed E-state index contributed by atoms with van der Waals surface area (Å²) in [6, 6.07) is 34.4. The molecule has 0 aliphatic heterocycles. The number of carbonyl (C=O) groups excluding carboxylic acids is 1. The molecule has 1 aromatic heterocycles. The van der Waals surface area contributed by atoms with Crippen LogP contribution in [0, 0.1) is 0 Å². The van der Waals surface area contributed by atoms with Crippen molar-refractivity contribution in [1.29, 1.82) is 0 Å². The number of carbonyl (C=O) groups is 1. The number of ether oxygens (including phenoxy) is 2. The summed E-state index contributed by atoms with van der Waals surface area (Å²) in [6.07, 6.45) is 4.25. The molecule has 0 bridgehead atoms. The molecule has 0 saturated carbocycles. The number of rotatable bonds is 14. The van der Waals surface area contributed by atoms with Gasteiger partial charge in [0.25, 0.3) is 0 Å². The van der Waals surface area contributed by atoms with E-state index in [1.165, 1.54) is 5.56 Å². The summed E-state index contributed by atoms with van der Waals surface area (Å²) >= 11 is 0. The molecule has 6 nitrogen and oxygen atoms in total. The first-order chi connectivity index (χ1) is 20.2. The first kappa shape index (κ1) is 28.0. The average Bonchev–Trinajstić information content (AvgIpc) is 3.37. The summed E-state index contributed by atoms with van der Waals surface area (Å²) in [5.41, 5.74) is 5.49. The predicted octanol–water partition coefficient (Wildman–Crippen LogP) is 6.86. The Morgan fingerprint density at radius 2 is 1.49 bits per heavy atom. The van der Waals surface area contributed by atoms with Crippen LogP contribution >= 0.6 is 0 Å². The van der Waals surface area contributed by atoms with E-state index in [2.05, 4.69) is 46.3 Å². The minimum atomic E-state index is 0.0642. The number of methoxy groups -OCH3 is 1. The lowest BCUT2D eigenvalue weighted by atomic mass is 10.0. The smallest absolute Gasteiger partial charge is 0.224 e. The minimum Gasteiger partial charge on any atom is -0.493 e. The van der Waals surface area contributed by atoms with Crippen LogP contribution in [0.1, 0.15) is 30.7 Å². The lowest BCUT2D eigenvalue weighted by molar-refractivity contribution is -0.120. The standard InChI is InChI=1S/C35H37N3O3/c1-40-32-16-9-10-17-33(32)41-25-24-38-31-15-8-7-14-30(31)37-34(38)18-6-3-11-23-36-35(39)26-27-19-21-29(22-20-27)28-12-4-2-5-13-28/h2,4-5,7-10,12-17,19-22H,3,6,11,18,23-26H2,1H3,(H,36,39). The number of para-hydroxylation sites is 4. The fraction of sp³-hybridized carbons (Fsp3) is 0.257. The predicted molar refractivity (Wildman–Crippen MR) is 164 cm³/mol. The number of unbranched alkanes of at least 4 members (excludes halogenated alkanes) is 2. The van der Waals surface area contributed by atoms with Gasteiger partial charge >= 0.3 is 0 Å². The zero-order valence-electron chi connectivity index (χ0n) is 23.6. The largest absolute Gasteiger partial charge is 0.493 e. The highest BCUT2D eigenvalue weighted by molar-refractivity contribution is 5.79. The zero-order valence-corrected chi connectivity index (χ0v) is 23.6. The maximum atomic E-state index is 12.5. The molecule has 1 amide bonds. The van der Waals surface area contributed by atoms with Crippen molar-refractivity contribution >= 4 is 16.9 Å². The number of amides is 1. The number of nitrogens with zero attached hydrogens (tertiary/aromatic N) is 2. The van der Waals surface area contributed by atoms with Crippen LogP contribution < -0.4 is 14.8 Å². The van der Waals surface area contributed by atoms with Crippen LogP contribution in [-0.2, 0) is 24.2 Å². The van der Waals surface area contributed by atoms with E-state index in [0.717, 1.165) is 65.2 Å².